The van der Waals surface area contributed by atoms with Gasteiger partial charge in [0.1, 0.15) is 5.15 Å². The zero-order valence-electron chi connectivity index (χ0n) is 11.4. The Bertz CT molecular complexity index is 812. The molecule has 2 N–H and O–H groups in total. The van der Waals surface area contributed by atoms with E-state index in [2.05, 4.69) is 20.5 Å². The van der Waals surface area contributed by atoms with Crippen LogP contribution in [0.2, 0.25) is 5.15 Å². The first-order valence-electron chi connectivity index (χ1n) is 6.57. The van der Waals surface area contributed by atoms with Crippen molar-refractivity contribution in [2.24, 2.45) is 0 Å². The van der Waals surface area contributed by atoms with Crippen LogP contribution < -0.4 is 5.32 Å². The number of hydrogen-bond acceptors (Lipinski definition) is 3. The highest BCUT2D eigenvalue weighted by Crippen LogP contribution is 2.21. The van der Waals surface area contributed by atoms with Gasteiger partial charge in [0.25, 0.3) is 5.91 Å². The smallest absolute Gasteiger partial charge is 0.255 e. The second kappa shape index (κ2) is 5.54. The van der Waals surface area contributed by atoms with Crippen LogP contribution in [0, 0.1) is 0 Å². The molecule has 0 radical (unpaired) electrons. The van der Waals surface area contributed by atoms with E-state index in [1.165, 1.54) is 0 Å². The number of fused-ring (bicyclic) bond motifs is 1. The van der Waals surface area contributed by atoms with Gasteiger partial charge in [0.05, 0.1) is 17.4 Å². The summed E-state index contributed by atoms with van der Waals surface area (Å²) in [5.74, 6) is -0.226. The monoisotopic (exact) mass is 300 g/mol. The normalized spacial score (nSPS) is 10.8. The van der Waals surface area contributed by atoms with E-state index in [9.17, 15) is 4.79 Å². The fourth-order valence-corrected chi connectivity index (χ4v) is 2.36. The van der Waals surface area contributed by atoms with Crippen LogP contribution in [0.15, 0.2) is 36.5 Å². The van der Waals surface area contributed by atoms with Crippen molar-refractivity contribution >= 4 is 34.1 Å². The molecule has 0 spiro atoms. The summed E-state index contributed by atoms with van der Waals surface area (Å²) in [4.78, 5) is 16.5. The highest BCUT2D eigenvalue weighted by molar-refractivity contribution is 6.29. The predicted molar refractivity (Wildman–Crippen MR) is 82.7 cm³/mol. The number of aromatic amines is 1. The zero-order chi connectivity index (χ0) is 14.8. The molecule has 1 aromatic carbocycles. The van der Waals surface area contributed by atoms with Gasteiger partial charge in [-0.3, -0.25) is 9.89 Å². The zero-order valence-corrected chi connectivity index (χ0v) is 12.1. The van der Waals surface area contributed by atoms with Gasteiger partial charge < -0.3 is 5.32 Å². The SMILES string of the molecule is CCc1cc(C(=O)Nc2cccc3cn[nH]c23)cc(Cl)n1. The predicted octanol–water partition coefficient (Wildman–Crippen LogP) is 3.43. The number of nitrogens with one attached hydrogen (secondary N) is 2. The molecule has 2 heterocycles. The number of halogens is 1. The van der Waals surface area contributed by atoms with Crippen molar-refractivity contribution in [1.29, 1.82) is 0 Å². The van der Waals surface area contributed by atoms with Crippen molar-refractivity contribution in [2.75, 3.05) is 5.32 Å². The van der Waals surface area contributed by atoms with Crippen LogP contribution in [0.25, 0.3) is 10.9 Å². The van der Waals surface area contributed by atoms with Gasteiger partial charge in [0, 0.05) is 16.6 Å². The van der Waals surface area contributed by atoms with Gasteiger partial charge >= 0.3 is 0 Å². The lowest BCUT2D eigenvalue weighted by atomic mass is 10.1. The molecule has 5 nitrogen and oxygen atoms in total. The number of carbonyl (C=O) groups is 1. The fourth-order valence-electron chi connectivity index (χ4n) is 2.13. The molecule has 0 saturated carbocycles. The Labute approximate surface area is 126 Å². The molecule has 3 rings (SSSR count). The number of benzene rings is 1. The van der Waals surface area contributed by atoms with Crippen LogP contribution in [-0.4, -0.2) is 21.1 Å². The highest BCUT2D eigenvalue weighted by Gasteiger charge is 2.11. The van der Waals surface area contributed by atoms with Gasteiger partial charge in [-0.2, -0.15) is 5.10 Å². The molecule has 0 saturated heterocycles. The first kappa shape index (κ1) is 13.6. The molecule has 0 bridgehead atoms. The van der Waals surface area contributed by atoms with Crippen LogP contribution in [0.4, 0.5) is 5.69 Å². The van der Waals surface area contributed by atoms with Crippen molar-refractivity contribution in [3.63, 3.8) is 0 Å². The summed E-state index contributed by atoms with van der Waals surface area (Å²) < 4.78 is 0. The summed E-state index contributed by atoms with van der Waals surface area (Å²) >= 11 is 5.95. The van der Waals surface area contributed by atoms with Gasteiger partial charge in [0.2, 0.25) is 0 Å². The minimum absolute atomic E-state index is 0.226. The lowest BCUT2D eigenvalue weighted by Gasteiger charge is -2.07. The standard InChI is InChI=1S/C15H13ClN4O/c1-2-11-6-10(7-13(16)18-11)15(21)19-12-5-3-4-9-8-17-20-14(9)12/h3-8H,2H2,1H3,(H,17,20)(H,19,21). The second-order valence-electron chi connectivity index (χ2n) is 4.62. The second-order valence-corrected chi connectivity index (χ2v) is 5.00. The Morgan fingerprint density at radius 3 is 3.05 bits per heavy atom. The first-order valence-corrected chi connectivity index (χ1v) is 6.95. The van der Waals surface area contributed by atoms with E-state index < -0.39 is 0 Å². The Hall–Kier alpha value is -2.40. The molecule has 1 amide bonds. The van der Waals surface area contributed by atoms with Crippen molar-refractivity contribution in [3.8, 4) is 0 Å². The van der Waals surface area contributed by atoms with Crippen LogP contribution in [-0.2, 0) is 6.42 Å². The summed E-state index contributed by atoms with van der Waals surface area (Å²) in [5, 5.41) is 11.0. The molecule has 0 aliphatic rings. The van der Waals surface area contributed by atoms with Gasteiger partial charge in [-0.15, -0.1) is 0 Å². The van der Waals surface area contributed by atoms with Crippen molar-refractivity contribution in [3.05, 3.63) is 52.9 Å². The van der Waals surface area contributed by atoms with E-state index in [-0.39, 0.29) is 5.91 Å². The Morgan fingerprint density at radius 1 is 1.38 bits per heavy atom. The van der Waals surface area contributed by atoms with Crippen LogP contribution >= 0.6 is 11.6 Å². The molecule has 0 aliphatic carbocycles. The topological polar surface area (TPSA) is 70.7 Å². The van der Waals surface area contributed by atoms with Crippen LogP contribution in [0.3, 0.4) is 0 Å². The minimum atomic E-state index is -0.226. The third kappa shape index (κ3) is 2.73. The largest absolute Gasteiger partial charge is 0.320 e. The maximum absolute atomic E-state index is 12.4. The lowest BCUT2D eigenvalue weighted by Crippen LogP contribution is -2.13. The number of carbonyl (C=O) groups excluding carboxylic acids is 1. The van der Waals surface area contributed by atoms with E-state index in [0.717, 1.165) is 23.0 Å². The number of aromatic nitrogens is 3. The summed E-state index contributed by atoms with van der Waals surface area (Å²) in [6, 6.07) is 8.91. The van der Waals surface area contributed by atoms with E-state index >= 15 is 0 Å². The van der Waals surface area contributed by atoms with Crippen molar-refractivity contribution in [2.45, 2.75) is 13.3 Å². The van der Waals surface area contributed by atoms with Crippen molar-refractivity contribution in [1.82, 2.24) is 15.2 Å². The van der Waals surface area contributed by atoms with Gasteiger partial charge in [-0.1, -0.05) is 30.7 Å². The number of H-pyrrole nitrogens is 1. The molecule has 6 heteroatoms. The first-order chi connectivity index (χ1) is 10.2. The molecule has 3 aromatic rings. The molecular formula is C15H13ClN4O. The molecule has 0 unspecified atom stereocenters. The summed E-state index contributed by atoms with van der Waals surface area (Å²) in [7, 11) is 0. The molecule has 21 heavy (non-hydrogen) atoms. The number of rotatable bonds is 3. The molecular weight excluding hydrogens is 288 g/mol. The molecule has 2 aromatic heterocycles. The Morgan fingerprint density at radius 2 is 2.24 bits per heavy atom. The number of nitrogens with zero attached hydrogens (tertiary/aromatic N) is 2. The average molecular weight is 301 g/mol. The highest BCUT2D eigenvalue weighted by atomic mass is 35.5. The van der Waals surface area contributed by atoms with Crippen LogP contribution in [0.1, 0.15) is 23.0 Å². The van der Waals surface area contributed by atoms with Gasteiger partial charge in [-0.05, 0) is 24.6 Å². The molecule has 0 fully saturated rings. The maximum atomic E-state index is 12.4. The number of amides is 1. The van der Waals surface area contributed by atoms with Crippen molar-refractivity contribution < 1.29 is 4.79 Å². The molecule has 106 valence electrons. The number of aryl methyl sites for hydroxylation is 1. The summed E-state index contributed by atoms with van der Waals surface area (Å²) in [6.45, 7) is 1.96. The Kier molecular flexibility index (Phi) is 3.58. The quantitative estimate of drug-likeness (QED) is 0.728. The number of anilines is 1. The fraction of sp³-hybridized carbons (Fsp3) is 0.133. The van der Waals surface area contributed by atoms with E-state index in [1.807, 2.05) is 25.1 Å². The number of para-hydroxylation sites is 1. The Balaban J connectivity index is 1.93. The van der Waals surface area contributed by atoms with E-state index in [4.69, 9.17) is 11.6 Å². The van der Waals surface area contributed by atoms with Gasteiger partial charge in [-0.25, -0.2) is 4.98 Å². The van der Waals surface area contributed by atoms with E-state index in [1.54, 1.807) is 18.3 Å². The summed E-state index contributed by atoms with van der Waals surface area (Å²) in [5.41, 5.74) is 2.75. The van der Waals surface area contributed by atoms with Gasteiger partial charge in [0.15, 0.2) is 0 Å². The van der Waals surface area contributed by atoms with E-state index in [0.29, 0.717) is 16.4 Å². The number of pyridine rings is 1. The third-order valence-corrected chi connectivity index (χ3v) is 3.39. The summed E-state index contributed by atoms with van der Waals surface area (Å²) in [6.07, 6.45) is 2.43. The average Bonchev–Trinajstić information content (AvgIpc) is 2.96. The lowest BCUT2D eigenvalue weighted by molar-refractivity contribution is 0.102. The maximum Gasteiger partial charge on any atom is 0.255 e. The number of hydrogen-bond donors (Lipinski definition) is 2. The molecule has 0 atom stereocenters. The molecule has 0 aliphatic heterocycles. The third-order valence-electron chi connectivity index (χ3n) is 3.20. The minimum Gasteiger partial charge on any atom is -0.320 e. The van der Waals surface area contributed by atoms with Crippen LogP contribution in [0.5, 0.6) is 0 Å².